The Balaban J connectivity index is 1.75. The van der Waals surface area contributed by atoms with Crippen molar-refractivity contribution in [2.24, 2.45) is 5.92 Å². The normalized spacial score (nSPS) is 22.1. The van der Waals surface area contributed by atoms with Crippen LogP contribution in [0.3, 0.4) is 0 Å². The second-order valence-corrected chi connectivity index (χ2v) is 7.37. The van der Waals surface area contributed by atoms with Crippen LogP contribution in [0.2, 0.25) is 5.02 Å². The molecular formula is C21H19ClN2O4. The summed E-state index contributed by atoms with van der Waals surface area (Å²) in [6.07, 6.45) is 5.07. The Morgan fingerprint density at radius 3 is 2.86 bits per heavy atom. The first-order valence-corrected chi connectivity index (χ1v) is 9.55. The van der Waals surface area contributed by atoms with Gasteiger partial charge < -0.3 is 10.1 Å². The van der Waals surface area contributed by atoms with E-state index in [1.54, 1.807) is 25.1 Å². The zero-order valence-electron chi connectivity index (χ0n) is 15.2. The third-order valence-electron chi connectivity index (χ3n) is 5.40. The zero-order chi connectivity index (χ0) is 19.8. The maximum absolute atomic E-state index is 12.1. The molecule has 0 fully saturated rings. The Morgan fingerprint density at radius 2 is 2.11 bits per heavy atom. The summed E-state index contributed by atoms with van der Waals surface area (Å²) >= 11 is 6.41. The molecule has 2 aromatic rings. The van der Waals surface area contributed by atoms with Gasteiger partial charge in [-0.2, -0.15) is 0 Å². The molecule has 6 nitrogen and oxygen atoms in total. The number of nitro benzene ring substituents is 1. The summed E-state index contributed by atoms with van der Waals surface area (Å²) in [5.41, 5.74) is 3.19. The van der Waals surface area contributed by atoms with E-state index in [2.05, 4.69) is 17.5 Å². The van der Waals surface area contributed by atoms with E-state index >= 15 is 0 Å². The van der Waals surface area contributed by atoms with Gasteiger partial charge in [-0.15, -0.1) is 0 Å². The van der Waals surface area contributed by atoms with E-state index in [-0.39, 0.29) is 29.5 Å². The van der Waals surface area contributed by atoms with Gasteiger partial charge in [0.2, 0.25) is 0 Å². The molecule has 0 saturated heterocycles. The molecule has 1 N–H and O–H groups in total. The molecular weight excluding hydrogens is 380 g/mol. The van der Waals surface area contributed by atoms with Crippen LogP contribution in [0, 0.1) is 16.0 Å². The molecule has 7 heteroatoms. The number of carbonyl (C=O) groups is 1. The molecule has 0 spiro atoms. The molecule has 4 rings (SSSR count). The molecule has 0 aromatic heterocycles. The Labute approximate surface area is 167 Å². The molecule has 144 valence electrons. The number of non-ortho nitro benzene ring substituents is 1. The lowest BCUT2D eigenvalue weighted by Crippen LogP contribution is -2.29. The van der Waals surface area contributed by atoms with Gasteiger partial charge >= 0.3 is 5.97 Å². The topological polar surface area (TPSA) is 81.5 Å². The van der Waals surface area contributed by atoms with E-state index in [9.17, 15) is 14.9 Å². The van der Waals surface area contributed by atoms with E-state index < -0.39 is 4.92 Å². The number of hydrogen-bond acceptors (Lipinski definition) is 5. The van der Waals surface area contributed by atoms with Gasteiger partial charge in [0.15, 0.2) is 0 Å². The SMILES string of the molecule is CCOC(=O)c1ccc2c(c1)[C@@H]1C=CC[C@@H]1[C@H](c1cc([N+](=O)[O-])ccc1Cl)N2. The van der Waals surface area contributed by atoms with Crippen molar-refractivity contribution in [3.63, 3.8) is 0 Å². The fourth-order valence-corrected chi connectivity index (χ4v) is 4.36. The van der Waals surface area contributed by atoms with E-state index in [0.717, 1.165) is 23.2 Å². The monoisotopic (exact) mass is 398 g/mol. The average Bonchev–Trinajstić information content (AvgIpc) is 3.17. The van der Waals surface area contributed by atoms with E-state index in [4.69, 9.17) is 16.3 Å². The van der Waals surface area contributed by atoms with Gasteiger partial charge in [-0.1, -0.05) is 23.8 Å². The minimum absolute atomic E-state index is 0.0205. The molecule has 1 aliphatic heterocycles. The van der Waals surface area contributed by atoms with Crippen LogP contribution in [0.4, 0.5) is 11.4 Å². The van der Waals surface area contributed by atoms with Gasteiger partial charge in [-0.3, -0.25) is 10.1 Å². The second-order valence-electron chi connectivity index (χ2n) is 6.96. The van der Waals surface area contributed by atoms with E-state index in [1.807, 2.05) is 12.1 Å². The summed E-state index contributed by atoms with van der Waals surface area (Å²) in [7, 11) is 0. The standard InChI is InChI=1S/C21H19ClN2O4/c1-2-28-21(25)12-6-9-19-16(10-12)14-4-3-5-15(14)20(23-19)17-11-13(24(26)27)7-8-18(17)22/h3-4,6-11,14-15,20,23H,2,5H2,1H3/t14-,15+,20-/m1/s1. The van der Waals surface area contributed by atoms with Crippen LogP contribution in [0.5, 0.6) is 0 Å². The summed E-state index contributed by atoms with van der Waals surface area (Å²) in [5.74, 6) is -0.0805. The lowest BCUT2D eigenvalue weighted by atomic mass is 9.76. The van der Waals surface area contributed by atoms with Crippen LogP contribution in [-0.4, -0.2) is 17.5 Å². The van der Waals surface area contributed by atoms with Crippen molar-refractivity contribution >= 4 is 28.9 Å². The predicted molar refractivity (Wildman–Crippen MR) is 107 cm³/mol. The lowest BCUT2D eigenvalue weighted by Gasteiger charge is -2.38. The third kappa shape index (κ3) is 3.14. The number of halogens is 1. The molecule has 2 aromatic carbocycles. The first-order chi connectivity index (χ1) is 13.5. The highest BCUT2D eigenvalue weighted by atomic mass is 35.5. The quantitative estimate of drug-likeness (QED) is 0.329. The number of nitro groups is 1. The second kappa shape index (κ2) is 7.28. The highest BCUT2D eigenvalue weighted by Gasteiger charge is 2.39. The number of benzene rings is 2. The Bertz CT molecular complexity index is 988. The Hall–Kier alpha value is -2.86. The molecule has 0 bridgehead atoms. The van der Waals surface area contributed by atoms with Gasteiger partial charge in [-0.05, 0) is 49.1 Å². The summed E-state index contributed by atoms with van der Waals surface area (Å²) in [6.45, 7) is 2.11. The van der Waals surface area contributed by atoms with Crippen LogP contribution in [0.25, 0.3) is 0 Å². The summed E-state index contributed by atoms with van der Waals surface area (Å²) in [4.78, 5) is 22.9. The summed E-state index contributed by atoms with van der Waals surface area (Å²) in [6, 6.07) is 9.85. The number of allylic oxidation sites excluding steroid dienone is 2. The first-order valence-electron chi connectivity index (χ1n) is 9.17. The number of hydrogen-bond donors (Lipinski definition) is 1. The van der Waals surface area contributed by atoms with Crippen molar-refractivity contribution in [3.8, 4) is 0 Å². The molecule has 28 heavy (non-hydrogen) atoms. The number of fused-ring (bicyclic) bond motifs is 3. The maximum atomic E-state index is 12.1. The largest absolute Gasteiger partial charge is 0.462 e. The fourth-order valence-electron chi connectivity index (χ4n) is 4.13. The number of rotatable bonds is 4. The molecule has 2 aliphatic rings. The highest BCUT2D eigenvalue weighted by Crippen LogP contribution is 2.51. The van der Waals surface area contributed by atoms with Crippen molar-refractivity contribution in [1.82, 2.24) is 0 Å². The molecule has 3 atom stereocenters. The minimum Gasteiger partial charge on any atom is -0.462 e. The summed E-state index contributed by atoms with van der Waals surface area (Å²) in [5, 5.41) is 15.2. The van der Waals surface area contributed by atoms with Crippen LogP contribution in [0.15, 0.2) is 48.6 Å². The zero-order valence-corrected chi connectivity index (χ0v) is 16.0. The number of nitrogens with one attached hydrogen (secondary N) is 1. The number of anilines is 1. The Kier molecular flexibility index (Phi) is 4.81. The van der Waals surface area contributed by atoms with Crippen LogP contribution in [0.1, 0.15) is 46.8 Å². The number of carbonyl (C=O) groups excluding carboxylic acids is 1. The number of nitrogens with zero attached hydrogens (tertiary/aromatic N) is 1. The number of ether oxygens (including phenoxy) is 1. The van der Waals surface area contributed by atoms with Crippen molar-refractivity contribution in [2.75, 3.05) is 11.9 Å². The van der Waals surface area contributed by atoms with Gasteiger partial charge in [0.25, 0.3) is 5.69 Å². The van der Waals surface area contributed by atoms with Crippen LogP contribution in [-0.2, 0) is 4.74 Å². The van der Waals surface area contributed by atoms with Crippen molar-refractivity contribution < 1.29 is 14.5 Å². The maximum Gasteiger partial charge on any atom is 0.338 e. The molecule has 0 saturated carbocycles. The molecule has 1 heterocycles. The summed E-state index contributed by atoms with van der Waals surface area (Å²) < 4.78 is 5.11. The Morgan fingerprint density at radius 1 is 1.29 bits per heavy atom. The molecule has 1 aliphatic carbocycles. The van der Waals surface area contributed by atoms with Crippen LogP contribution >= 0.6 is 11.6 Å². The van der Waals surface area contributed by atoms with Crippen molar-refractivity contribution in [3.05, 3.63) is 80.4 Å². The van der Waals surface area contributed by atoms with Gasteiger partial charge in [0, 0.05) is 34.3 Å². The smallest absolute Gasteiger partial charge is 0.338 e. The minimum atomic E-state index is -0.410. The molecule has 0 unspecified atom stereocenters. The molecule has 0 radical (unpaired) electrons. The van der Waals surface area contributed by atoms with E-state index in [0.29, 0.717) is 17.2 Å². The third-order valence-corrected chi connectivity index (χ3v) is 5.74. The van der Waals surface area contributed by atoms with Crippen LogP contribution < -0.4 is 5.32 Å². The van der Waals surface area contributed by atoms with Crippen molar-refractivity contribution in [2.45, 2.75) is 25.3 Å². The number of esters is 1. The van der Waals surface area contributed by atoms with Gasteiger partial charge in [0.05, 0.1) is 23.1 Å². The fraction of sp³-hybridized carbons (Fsp3) is 0.286. The van der Waals surface area contributed by atoms with Gasteiger partial charge in [-0.25, -0.2) is 4.79 Å². The predicted octanol–water partition coefficient (Wildman–Crippen LogP) is 5.25. The van der Waals surface area contributed by atoms with Gasteiger partial charge in [0.1, 0.15) is 0 Å². The van der Waals surface area contributed by atoms with E-state index in [1.165, 1.54) is 6.07 Å². The molecule has 0 amide bonds. The first kappa shape index (κ1) is 18.5. The average molecular weight is 399 g/mol. The van der Waals surface area contributed by atoms with Crippen molar-refractivity contribution in [1.29, 1.82) is 0 Å². The lowest BCUT2D eigenvalue weighted by molar-refractivity contribution is -0.384. The highest BCUT2D eigenvalue weighted by molar-refractivity contribution is 6.31.